The van der Waals surface area contributed by atoms with Crippen LogP contribution in [-0.4, -0.2) is 42.2 Å². The van der Waals surface area contributed by atoms with Crippen molar-refractivity contribution in [1.29, 1.82) is 0 Å². The Hall–Kier alpha value is -3.22. The smallest absolute Gasteiger partial charge is 0.317 e. The van der Waals surface area contributed by atoms with Crippen LogP contribution in [-0.2, 0) is 17.9 Å². The molecule has 154 valence electrons. The van der Waals surface area contributed by atoms with Crippen LogP contribution in [0.4, 0.5) is 4.79 Å². The second-order valence-electron chi connectivity index (χ2n) is 7.46. The van der Waals surface area contributed by atoms with Gasteiger partial charge in [0.2, 0.25) is 0 Å². The maximum Gasteiger partial charge on any atom is 0.317 e. The Morgan fingerprint density at radius 2 is 1.90 bits per heavy atom. The molecule has 2 amide bonds. The molecular weight excluding hydrogens is 372 g/mol. The van der Waals surface area contributed by atoms with E-state index in [1.165, 1.54) is 0 Å². The molecule has 0 aliphatic carbocycles. The Balaban J connectivity index is 1.56. The van der Waals surface area contributed by atoms with Gasteiger partial charge in [0.1, 0.15) is 6.61 Å². The first-order valence-corrected chi connectivity index (χ1v) is 9.51. The number of carbonyl (C=O) groups is 2. The Morgan fingerprint density at radius 3 is 2.55 bits per heavy atom. The summed E-state index contributed by atoms with van der Waals surface area (Å²) in [5, 5.41) is 12.1. The number of amides is 2. The fourth-order valence-corrected chi connectivity index (χ4v) is 3.27. The minimum atomic E-state index is -0.877. The standard InChI is InChI=1S/C22H26N2O5/c1-22(20(25)26)10-11-24(15-22)21(27)23-13-17-8-9-18(19(12-17)28-2)29-14-16-6-4-3-5-7-16/h3-9,12H,10-11,13-15H2,1-2H3,(H,23,27)(H,25,26). The van der Waals surface area contributed by atoms with E-state index in [9.17, 15) is 14.7 Å². The average molecular weight is 398 g/mol. The minimum absolute atomic E-state index is 0.212. The number of urea groups is 1. The third kappa shape index (κ3) is 4.99. The van der Waals surface area contributed by atoms with Gasteiger partial charge < -0.3 is 24.8 Å². The second kappa shape index (κ2) is 8.86. The summed E-state index contributed by atoms with van der Waals surface area (Å²) < 4.78 is 11.3. The van der Waals surface area contributed by atoms with Gasteiger partial charge in [0.05, 0.1) is 12.5 Å². The maximum atomic E-state index is 12.4. The third-order valence-corrected chi connectivity index (χ3v) is 5.19. The van der Waals surface area contributed by atoms with Gasteiger partial charge in [-0.05, 0) is 36.6 Å². The Labute approximate surface area is 170 Å². The highest BCUT2D eigenvalue weighted by Gasteiger charge is 2.42. The lowest BCUT2D eigenvalue weighted by Gasteiger charge is -2.20. The number of hydrogen-bond acceptors (Lipinski definition) is 4. The minimum Gasteiger partial charge on any atom is -0.493 e. The number of carboxylic acid groups (broad SMARTS) is 1. The lowest BCUT2D eigenvalue weighted by Crippen LogP contribution is -2.40. The van der Waals surface area contributed by atoms with Gasteiger partial charge in [-0.2, -0.15) is 0 Å². The largest absolute Gasteiger partial charge is 0.493 e. The zero-order chi connectivity index (χ0) is 20.9. The van der Waals surface area contributed by atoms with Crippen molar-refractivity contribution in [1.82, 2.24) is 10.2 Å². The van der Waals surface area contributed by atoms with Crippen molar-refractivity contribution in [3.8, 4) is 11.5 Å². The van der Waals surface area contributed by atoms with Gasteiger partial charge in [-0.25, -0.2) is 4.79 Å². The van der Waals surface area contributed by atoms with Crippen LogP contribution in [0.15, 0.2) is 48.5 Å². The van der Waals surface area contributed by atoms with Crippen LogP contribution in [0.25, 0.3) is 0 Å². The predicted molar refractivity (Wildman–Crippen MR) is 108 cm³/mol. The summed E-state index contributed by atoms with van der Waals surface area (Å²) in [6, 6.07) is 15.1. The van der Waals surface area contributed by atoms with Gasteiger partial charge in [0, 0.05) is 19.6 Å². The third-order valence-electron chi connectivity index (χ3n) is 5.19. The summed E-state index contributed by atoms with van der Waals surface area (Å²) in [6.45, 7) is 3.06. The molecule has 1 heterocycles. The van der Waals surface area contributed by atoms with E-state index in [0.717, 1.165) is 11.1 Å². The zero-order valence-electron chi connectivity index (χ0n) is 16.7. The SMILES string of the molecule is COc1cc(CNC(=O)N2CCC(C)(C(=O)O)C2)ccc1OCc1ccccc1. The molecule has 0 saturated carbocycles. The van der Waals surface area contributed by atoms with E-state index in [1.807, 2.05) is 48.5 Å². The Morgan fingerprint density at radius 1 is 1.14 bits per heavy atom. The molecule has 0 aromatic heterocycles. The van der Waals surface area contributed by atoms with E-state index in [1.54, 1.807) is 18.9 Å². The van der Waals surface area contributed by atoms with Crippen LogP contribution in [0.3, 0.4) is 0 Å². The van der Waals surface area contributed by atoms with Crippen molar-refractivity contribution in [3.63, 3.8) is 0 Å². The molecule has 1 saturated heterocycles. The number of aliphatic carboxylic acids is 1. The van der Waals surface area contributed by atoms with E-state index < -0.39 is 11.4 Å². The number of hydrogen-bond donors (Lipinski definition) is 2. The second-order valence-corrected chi connectivity index (χ2v) is 7.46. The van der Waals surface area contributed by atoms with Crippen LogP contribution in [0.1, 0.15) is 24.5 Å². The normalized spacial score (nSPS) is 18.3. The zero-order valence-corrected chi connectivity index (χ0v) is 16.7. The highest BCUT2D eigenvalue weighted by Crippen LogP contribution is 2.31. The van der Waals surface area contributed by atoms with Crippen molar-refractivity contribution in [3.05, 3.63) is 59.7 Å². The molecule has 1 atom stereocenters. The first kappa shape index (κ1) is 20.5. The number of carbonyl (C=O) groups excluding carboxylic acids is 1. The van der Waals surface area contributed by atoms with Gasteiger partial charge in [0.15, 0.2) is 11.5 Å². The number of methoxy groups -OCH3 is 1. The van der Waals surface area contributed by atoms with Crippen molar-refractivity contribution in [2.24, 2.45) is 5.41 Å². The van der Waals surface area contributed by atoms with Crippen LogP contribution < -0.4 is 14.8 Å². The van der Waals surface area contributed by atoms with Gasteiger partial charge >= 0.3 is 12.0 Å². The van der Waals surface area contributed by atoms with E-state index in [2.05, 4.69) is 5.32 Å². The summed E-state index contributed by atoms with van der Waals surface area (Å²) in [4.78, 5) is 25.3. The molecule has 1 aliphatic heterocycles. The first-order chi connectivity index (χ1) is 13.9. The molecule has 0 radical (unpaired) electrons. The summed E-state index contributed by atoms with van der Waals surface area (Å²) in [6.07, 6.45) is 0.455. The number of benzene rings is 2. The number of nitrogens with zero attached hydrogens (tertiary/aromatic N) is 1. The molecule has 1 fully saturated rings. The molecule has 1 aliphatic rings. The van der Waals surface area contributed by atoms with Gasteiger partial charge in [-0.15, -0.1) is 0 Å². The molecule has 0 spiro atoms. The number of rotatable bonds is 7. The van der Waals surface area contributed by atoms with Crippen molar-refractivity contribution >= 4 is 12.0 Å². The van der Waals surface area contributed by atoms with Crippen molar-refractivity contribution in [2.75, 3.05) is 20.2 Å². The Bertz CT molecular complexity index is 871. The number of ether oxygens (including phenoxy) is 2. The lowest BCUT2D eigenvalue weighted by molar-refractivity contribution is -0.147. The van der Waals surface area contributed by atoms with Crippen molar-refractivity contribution < 1.29 is 24.2 Å². The number of nitrogens with one attached hydrogen (secondary N) is 1. The Kier molecular flexibility index (Phi) is 6.26. The predicted octanol–water partition coefficient (Wildman–Crippen LogP) is 3.28. The number of carboxylic acids is 1. The van der Waals surface area contributed by atoms with E-state index in [-0.39, 0.29) is 12.6 Å². The average Bonchev–Trinajstić information content (AvgIpc) is 3.15. The highest BCUT2D eigenvalue weighted by molar-refractivity contribution is 5.79. The molecule has 2 N–H and O–H groups in total. The van der Waals surface area contributed by atoms with Crippen LogP contribution in [0.5, 0.6) is 11.5 Å². The van der Waals surface area contributed by atoms with Gasteiger partial charge in [0.25, 0.3) is 0 Å². The van der Waals surface area contributed by atoms with E-state index >= 15 is 0 Å². The molecule has 7 nitrogen and oxygen atoms in total. The van der Waals surface area contributed by atoms with E-state index in [4.69, 9.17) is 9.47 Å². The van der Waals surface area contributed by atoms with Gasteiger partial charge in [-0.3, -0.25) is 4.79 Å². The fourth-order valence-electron chi connectivity index (χ4n) is 3.27. The summed E-state index contributed by atoms with van der Waals surface area (Å²) in [5.74, 6) is 0.346. The summed E-state index contributed by atoms with van der Waals surface area (Å²) in [5.41, 5.74) is 1.05. The summed E-state index contributed by atoms with van der Waals surface area (Å²) >= 11 is 0. The lowest BCUT2D eigenvalue weighted by atomic mass is 9.90. The van der Waals surface area contributed by atoms with E-state index in [0.29, 0.717) is 37.6 Å². The highest BCUT2D eigenvalue weighted by atomic mass is 16.5. The van der Waals surface area contributed by atoms with Crippen molar-refractivity contribution in [2.45, 2.75) is 26.5 Å². The molecule has 3 rings (SSSR count). The monoisotopic (exact) mass is 398 g/mol. The maximum absolute atomic E-state index is 12.4. The molecule has 2 aromatic rings. The quantitative estimate of drug-likeness (QED) is 0.747. The van der Waals surface area contributed by atoms with Gasteiger partial charge in [-0.1, -0.05) is 36.4 Å². The van der Waals surface area contributed by atoms with Crippen LogP contribution >= 0.6 is 0 Å². The molecule has 1 unspecified atom stereocenters. The molecule has 7 heteroatoms. The topological polar surface area (TPSA) is 88.1 Å². The first-order valence-electron chi connectivity index (χ1n) is 9.51. The van der Waals surface area contributed by atoms with Crippen LogP contribution in [0.2, 0.25) is 0 Å². The molecule has 2 aromatic carbocycles. The molecular formula is C22H26N2O5. The molecule has 0 bridgehead atoms. The van der Waals surface area contributed by atoms with Crippen LogP contribution in [0, 0.1) is 5.41 Å². The number of likely N-dealkylation sites (tertiary alicyclic amines) is 1. The fraction of sp³-hybridized carbons (Fsp3) is 0.364. The molecule has 29 heavy (non-hydrogen) atoms. The summed E-state index contributed by atoms with van der Waals surface area (Å²) in [7, 11) is 1.57.